The third-order valence-corrected chi connectivity index (χ3v) is 6.80. The monoisotopic (exact) mass is 381 g/mol. The summed E-state index contributed by atoms with van der Waals surface area (Å²) < 4.78 is 5.51. The molecule has 4 aliphatic carbocycles. The van der Waals surface area contributed by atoms with Crippen molar-refractivity contribution in [3.8, 4) is 5.75 Å². The fourth-order valence-electron chi connectivity index (χ4n) is 5.79. The van der Waals surface area contributed by atoms with Crippen molar-refractivity contribution >= 4 is 29.1 Å². The summed E-state index contributed by atoms with van der Waals surface area (Å²) in [5, 5.41) is 3.63. The highest BCUT2D eigenvalue weighted by atomic mass is 35.5. The Balaban J connectivity index is 1.42. The number of carbonyl (C=O) groups is 1. The normalized spacial score (nSPS) is 32.6. The number of halogens is 2. The molecule has 4 aliphatic rings. The molecule has 1 N–H and O–H groups in total. The fraction of sp³-hybridized carbons (Fsp3) is 0.650. The molecule has 4 saturated carbocycles. The summed E-state index contributed by atoms with van der Waals surface area (Å²) in [4.78, 5) is 12.7. The zero-order chi connectivity index (χ0) is 17.4. The van der Waals surface area contributed by atoms with E-state index in [4.69, 9.17) is 27.9 Å². The average molecular weight is 382 g/mol. The van der Waals surface area contributed by atoms with Gasteiger partial charge in [-0.2, -0.15) is 0 Å². The van der Waals surface area contributed by atoms with Crippen LogP contribution in [-0.2, 0) is 0 Å². The van der Waals surface area contributed by atoms with Gasteiger partial charge in [0.1, 0.15) is 12.4 Å². The quantitative estimate of drug-likeness (QED) is 0.711. The van der Waals surface area contributed by atoms with E-state index in [-0.39, 0.29) is 5.91 Å². The van der Waals surface area contributed by atoms with Crippen LogP contribution < -0.4 is 10.1 Å². The van der Waals surface area contributed by atoms with Crippen molar-refractivity contribution in [2.45, 2.75) is 38.5 Å². The lowest BCUT2D eigenvalue weighted by atomic mass is 9.49. The summed E-state index contributed by atoms with van der Waals surface area (Å²) >= 11 is 11.9. The van der Waals surface area contributed by atoms with Crippen LogP contribution in [0.5, 0.6) is 5.75 Å². The van der Waals surface area contributed by atoms with Gasteiger partial charge < -0.3 is 10.1 Å². The summed E-state index contributed by atoms with van der Waals surface area (Å²) in [6.45, 7) is 1.19. The first kappa shape index (κ1) is 17.5. The Kier molecular flexibility index (Phi) is 4.89. The van der Waals surface area contributed by atoms with Gasteiger partial charge in [0, 0.05) is 6.54 Å². The lowest BCUT2D eigenvalue weighted by Crippen LogP contribution is -2.51. The third kappa shape index (κ3) is 3.64. The molecule has 0 aliphatic heterocycles. The molecular weight excluding hydrogens is 357 g/mol. The van der Waals surface area contributed by atoms with Crippen LogP contribution in [0.2, 0.25) is 5.02 Å². The molecule has 0 aromatic heterocycles. The van der Waals surface area contributed by atoms with Gasteiger partial charge in [0.15, 0.2) is 0 Å². The maximum atomic E-state index is 12.7. The molecule has 1 aromatic rings. The van der Waals surface area contributed by atoms with E-state index in [1.54, 1.807) is 18.2 Å². The van der Waals surface area contributed by atoms with Crippen molar-refractivity contribution in [3.63, 3.8) is 0 Å². The van der Waals surface area contributed by atoms with E-state index < -0.39 is 0 Å². The van der Waals surface area contributed by atoms with Crippen molar-refractivity contribution in [2.75, 3.05) is 19.0 Å². The summed E-state index contributed by atoms with van der Waals surface area (Å²) in [6, 6.07) is 5.19. The molecule has 0 saturated heterocycles. The van der Waals surface area contributed by atoms with E-state index in [1.807, 2.05) is 0 Å². The van der Waals surface area contributed by atoms with Crippen molar-refractivity contribution in [1.82, 2.24) is 5.32 Å². The third-order valence-electron chi connectivity index (χ3n) is 6.32. The molecule has 0 spiro atoms. The fourth-order valence-corrected chi connectivity index (χ4v) is 6.07. The summed E-state index contributed by atoms with van der Waals surface area (Å²) in [7, 11) is 0. The predicted molar refractivity (Wildman–Crippen MR) is 101 cm³/mol. The van der Waals surface area contributed by atoms with Crippen LogP contribution in [0.15, 0.2) is 18.2 Å². The van der Waals surface area contributed by atoms with Crippen LogP contribution in [0, 0.1) is 23.2 Å². The molecule has 136 valence electrons. The summed E-state index contributed by atoms with van der Waals surface area (Å²) in [5.41, 5.74) is 0.808. The molecule has 1 aromatic carbocycles. The Hall–Kier alpha value is -0.930. The average Bonchev–Trinajstić information content (AvgIpc) is 2.58. The number of alkyl halides is 1. The van der Waals surface area contributed by atoms with Crippen molar-refractivity contribution in [1.29, 1.82) is 0 Å². The number of amides is 1. The number of carbonyl (C=O) groups excluding carboxylic acids is 1. The number of hydrogen-bond acceptors (Lipinski definition) is 2. The lowest BCUT2D eigenvalue weighted by molar-refractivity contribution is -0.0503. The largest absolute Gasteiger partial charge is 0.492 e. The van der Waals surface area contributed by atoms with Gasteiger partial charge >= 0.3 is 0 Å². The first-order chi connectivity index (χ1) is 12.1. The Morgan fingerprint density at radius 3 is 2.40 bits per heavy atom. The van der Waals surface area contributed by atoms with Crippen molar-refractivity contribution < 1.29 is 9.53 Å². The first-order valence-corrected chi connectivity index (χ1v) is 10.2. The van der Waals surface area contributed by atoms with Crippen LogP contribution in [0.1, 0.15) is 48.9 Å². The molecule has 3 nitrogen and oxygen atoms in total. The Bertz CT molecular complexity index is 626. The van der Waals surface area contributed by atoms with E-state index in [0.29, 0.717) is 34.2 Å². The Labute approximate surface area is 159 Å². The molecule has 0 heterocycles. The number of hydrogen-bond donors (Lipinski definition) is 1. The number of benzene rings is 1. The van der Waals surface area contributed by atoms with Gasteiger partial charge in [-0.25, -0.2) is 0 Å². The van der Waals surface area contributed by atoms with Gasteiger partial charge in [-0.3, -0.25) is 4.79 Å². The number of rotatable bonds is 6. The minimum atomic E-state index is -0.0999. The first-order valence-electron chi connectivity index (χ1n) is 9.33. The van der Waals surface area contributed by atoms with Crippen molar-refractivity contribution in [2.24, 2.45) is 23.2 Å². The van der Waals surface area contributed by atoms with Gasteiger partial charge in [0.2, 0.25) is 0 Å². The van der Waals surface area contributed by atoms with Gasteiger partial charge in [-0.15, -0.1) is 11.6 Å². The van der Waals surface area contributed by atoms with E-state index in [1.165, 1.54) is 38.5 Å². The minimum Gasteiger partial charge on any atom is -0.492 e. The molecule has 1 amide bonds. The van der Waals surface area contributed by atoms with Crippen LogP contribution in [-0.4, -0.2) is 24.9 Å². The lowest BCUT2D eigenvalue weighted by Gasteiger charge is -2.56. The summed E-state index contributed by atoms with van der Waals surface area (Å²) in [5.74, 6) is 3.61. The second-order valence-electron chi connectivity index (χ2n) is 8.28. The topological polar surface area (TPSA) is 38.3 Å². The van der Waals surface area contributed by atoms with Gasteiger partial charge in [0.25, 0.3) is 5.91 Å². The molecular formula is C20H25Cl2NO2. The van der Waals surface area contributed by atoms with Gasteiger partial charge in [0.05, 0.1) is 16.5 Å². The molecule has 5 rings (SSSR count). The smallest absolute Gasteiger partial charge is 0.252 e. The molecule has 0 radical (unpaired) electrons. The molecule has 4 fully saturated rings. The zero-order valence-corrected chi connectivity index (χ0v) is 15.9. The standard InChI is InChI=1S/C20H25Cl2NO2/c21-3-4-25-16-1-2-18(22)17(8-16)19(24)23-12-20-9-13-5-14(10-20)7-15(6-13)11-20/h1-2,8,13-15H,3-7,9-12H2,(H,23,24). The molecule has 0 unspecified atom stereocenters. The maximum absolute atomic E-state index is 12.7. The van der Waals surface area contributed by atoms with Gasteiger partial charge in [-0.05, 0) is 79.9 Å². The van der Waals surface area contributed by atoms with E-state index in [9.17, 15) is 4.79 Å². The molecule has 5 heteroatoms. The minimum absolute atomic E-state index is 0.0999. The Morgan fingerprint density at radius 1 is 1.16 bits per heavy atom. The number of nitrogens with one attached hydrogen (secondary N) is 1. The Morgan fingerprint density at radius 2 is 1.80 bits per heavy atom. The SMILES string of the molecule is O=C(NCC12CC3CC(CC(C3)C1)C2)c1cc(OCCCl)ccc1Cl. The molecule has 25 heavy (non-hydrogen) atoms. The highest BCUT2D eigenvalue weighted by molar-refractivity contribution is 6.33. The highest BCUT2D eigenvalue weighted by Gasteiger charge is 2.50. The second kappa shape index (κ2) is 7.00. The molecule has 4 bridgehead atoms. The van der Waals surface area contributed by atoms with Crippen LogP contribution >= 0.6 is 23.2 Å². The summed E-state index contributed by atoms with van der Waals surface area (Å²) in [6.07, 6.45) is 8.10. The van der Waals surface area contributed by atoms with Crippen LogP contribution in [0.25, 0.3) is 0 Å². The number of ether oxygens (including phenoxy) is 1. The predicted octanol–water partition coefficient (Wildman–Crippen LogP) is 4.90. The van der Waals surface area contributed by atoms with Crippen LogP contribution in [0.3, 0.4) is 0 Å². The maximum Gasteiger partial charge on any atom is 0.252 e. The van der Waals surface area contributed by atoms with Crippen LogP contribution in [0.4, 0.5) is 0 Å². The zero-order valence-electron chi connectivity index (χ0n) is 14.4. The molecule has 0 atom stereocenters. The van der Waals surface area contributed by atoms with E-state index >= 15 is 0 Å². The second-order valence-corrected chi connectivity index (χ2v) is 9.06. The van der Waals surface area contributed by atoms with E-state index in [2.05, 4.69) is 5.32 Å². The van der Waals surface area contributed by atoms with E-state index in [0.717, 1.165) is 24.3 Å². The van der Waals surface area contributed by atoms with Crippen molar-refractivity contribution in [3.05, 3.63) is 28.8 Å². The van der Waals surface area contributed by atoms with Gasteiger partial charge in [-0.1, -0.05) is 11.6 Å². The highest BCUT2D eigenvalue weighted by Crippen LogP contribution is 2.59.